The number of anilines is 1. The van der Waals surface area contributed by atoms with Crippen LogP contribution in [0.5, 0.6) is 5.75 Å². The van der Waals surface area contributed by atoms with Gasteiger partial charge < -0.3 is 10.1 Å². The third-order valence-corrected chi connectivity index (χ3v) is 4.41. The number of nitrogens with one attached hydrogen (secondary N) is 1. The molecular formula is C13H19NO4S. The first-order valence-electron chi connectivity index (χ1n) is 6.09. The number of amides is 1. The number of sulfone groups is 1. The first-order valence-corrected chi connectivity index (χ1v) is 7.74. The molecule has 0 radical (unpaired) electrons. The van der Waals surface area contributed by atoms with E-state index in [9.17, 15) is 13.2 Å². The number of rotatable bonds is 6. The molecule has 1 amide bonds. The van der Waals surface area contributed by atoms with Crippen molar-refractivity contribution >= 4 is 21.4 Å². The number of ether oxygens (including phenoxy) is 1. The summed E-state index contributed by atoms with van der Waals surface area (Å²) in [5.41, 5.74) is 0.368. The predicted octanol–water partition coefficient (Wildman–Crippen LogP) is 2.23. The molecule has 1 aromatic carbocycles. The van der Waals surface area contributed by atoms with E-state index >= 15 is 0 Å². The average Bonchev–Trinajstić information content (AvgIpc) is 2.35. The summed E-state index contributed by atoms with van der Waals surface area (Å²) >= 11 is 0. The molecule has 0 aliphatic carbocycles. The molecule has 0 bridgehead atoms. The highest BCUT2D eigenvalue weighted by Gasteiger charge is 2.16. The molecule has 1 aromatic rings. The molecule has 0 spiro atoms. The third-order valence-electron chi connectivity index (χ3n) is 2.61. The summed E-state index contributed by atoms with van der Waals surface area (Å²) in [7, 11) is -1.85. The van der Waals surface area contributed by atoms with Crippen molar-refractivity contribution in [2.24, 2.45) is 0 Å². The molecule has 0 aliphatic heterocycles. The number of hydrogen-bond donors (Lipinski definition) is 1. The Kier molecular flexibility index (Phi) is 5.35. The van der Waals surface area contributed by atoms with E-state index < -0.39 is 9.84 Å². The van der Waals surface area contributed by atoms with Crippen molar-refractivity contribution in [2.45, 2.75) is 31.6 Å². The lowest BCUT2D eigenvalue weighted by Crippen LogP contribution is -2.10. The van der Waals surface area contributed by atoms with Crippen molar-refractivity contribution in [1.29, 1.82) is 0 Å². The van der Waals surface area contributed by atoms with Crippen LogP contribution in [-0.4, -0.2) is 27.2 Å². The molecule has 0 saturated heterocycles. The summed E-state index contributed by atoms with van der Waals surface area (Å²) in [6, 6.07) is 4.48. The number of methoxy groups -OCH3 is 1. The van der Waals surface area contributed by atoms with Gasteiger partial charge in [0.05, 0.1) is 23.4 Å². The highest BCUT2D eigenvalue weighted by molar-refractivity contribution is 7.91. The highest BCUT2D eigenvalue weighted by atomic mass is 32.2. The molecular weight excluding hydrogens is 266 g/mol. The van der Waals surface area contributed by atoms with E-state index in [1.165, 1.54) is 26.2 Å². The Balaban J connectivity index is 3.13. The molecule has 0 unspecified atom stereocenters. The van der Waals surface area contributed by atoms with E-state index in [4.69, 9.17) is 4.74 Å². The van der Waals surface area contributed by atoms with E-state index in [2.05, 4.69) is 5.32 Å². The lowest BCUT2D eigenvalue weighted by Gasteiger charge is -2.11. The van der Waals surface area contributed by atoms with E-state index in [1.54, 1.807) is 6.07 Å². The Bertz CT molecular complexity index is 552. The molecule has 6 heteroatoms. The molecule has 0 aromatic heterocycles. The van der Waals surface area contributed by atoms with Gasteiger partial charge in [0.1, 0.15) is 5.75 Å². The largest absolute Gasteiger partial charge is 0.495 e. The van der Waals surface area contributed by atoms with Gasteiger partial charge in [0.25, 0.3) is 0 Å². The monoisotopic (exact) mass is 285 g/mol. The van der Waals surface area contributed by atoms with Gasteiger partial charge in [0.2, 0.25) is 5.91 Å². The van der Waals surface area contributed by atoms with E-state index in [0.717, 1.165) is 6.42 Å². The molecule has 1 rings (SSSR count). The SMILES string of the molecule is CCCCS(=O)(=O)c1ccc(OC)c(NC(C)=O)c1. The lowest BCUT2D eigenvalue weighted by atomic mass is 10.3. The van der Waals surface area contributed by atoms with Crippen LogP contribution in [0.25, 0.3) is 0 Å². The molecule has 0 aliphatic rings. The minimum Gasteiger partial charge on any atom is -0.495 e. The lowest BCUT2D eigenvalue weighted by molar-refractivity contribution is -0.114. The number of carbonyl (C=O) groups is 1. The number of unbranched alkanes of at least 4 members (excludes halogenated alkanes) is 1. The molecule has 19 heavy (non-hydrogen) atoms. The average molecular weight is 285 g/mol. The fourth-order valence-corrected chi connectivity index (χ4v) is 3.10. The second-order valence-corrected chi connectivity index (χ2v) is 6.32. The molecule has 1 N–H and O–H groups in total. The van der Waals surface area contributed by atoms with E-state index in [1.807, 2.05) is 6.92 Å². The second-order valence-electron chi connectivity index (χ2n) is 4.22. The number of carbonyl (C=O) groups excluding carboxylic acids is 1. The molecule has 5 nitrogen and oxygen atoms in total. The molecule has 106 valence electrons. The smallest absolute Gasteiger partial charge is 0.221 e. The maximum absolute atomic E-state index is 12.1. The highest BCUT2D eigenvalue weighted by Crippen LogP contribution is 2.28. The normalized spacial score (nSPS) is 11.1. The topological polar surface area (TPSA) is 72.5 Å². The van der Waals surface area contributed by atoms with Gasteiger partial charge in [-0.1, -0.05) is 13.3 Å². The Hall–Kier alpha value is -1.56. The summed E-state index contributed by atoms with van der Waals surface area (Å²) < 4.78 is 29.2. The summed E-state index contributed by atoms with van der Waals surface area (Å²) in [6.45, 7) is 3.30. The van der Waals surface area contributed by atoms with E-state index in [0.29, 0.717) is 17.9 Å². The van der Waals surface area contributed by atoms with Gasteiger partial charge in [0, 0.05) is 6.92 Å². The van der Waals surface area contributed by atoms with Gasteiger partial charge in [-0.25, -0.2) is 8.42 Å². The first kappa shape index (κ1) is 15.5. The van der Waals surface area contributed by atoms with Crippen LogP contribution in [-0.2, 0) is 14.6 Å². The molecule has 0 heterocycles. The van der Waals surface area contributed by atoms with Gasteiger partial charge in [0.15, 0.2) is 9.84 Å². The Labute approximate surface area is 113 Å². The molecule has 0 atom stereocenters. The van der Waals surface area contributed by atoms with Crippen LogP contribution >= 0.6 is 0 Å². The first-order chi connectivity index (χ1) is 8.90. The third kappa shape index (κ3) is 4.24. The fourth-order valence-electron chi connectivity index (χ4n) is 1.62. The van der Waals surface area contributed by atoms with Crippen molar-refractivity contribution in [3.05, 3.63) is 18.2 Å². The van der Waals surface area contributed by atoms with Crippen LogP contribution < -0.4 is 10.1 Å². The van der Waals surface area contributed by atoms with Crippen LogP contribution in [0.15, 0.2) is 23.1 Å². The van der Waals surface area contributed by atoms with Crippen LogP contribution in [0.1, 0.15) is 26.7 Å². The predicted molar refractivity (Wildman–Crippen MR) is 74.3 cm³/mol. The fraction of sp³-hybridized carbons (Fsp3) is 0.462. The van der Waals surface area contributed by atoms with Crippen molar-refractivity contribution in [1.82, 2.24) is 0 Å². The zero-order chi connectivity index (χ0) is 14.5. The summed E-state index contributed by atoms with van der Waals surface area (Å²) in [5, 5.41) is 2.56. The maximum Gasteiger partial charge on any atom is 0.221 e. The van der Waals surface area contributed by atoms with Gasteiger partial charge in [-0.05, 0) is 24.6 Å². The van der Waals surface area contributed by atoms with Crippen LogP contribution in [0.2, 0.25) is 0 Å². The van der Waals surface area contributed by atoms with Gasteiger partial charge >= 0.3 is 0 Å². The van der Waals surface area contributed by atoms with Crippen molar-refractivity contribution in [3.63, 3.8) is 0 Å². The summed E-state index contributed by atoms with van der Waals surface area (Å²) in [5.74, 6) is 0.265. The Morgan fingerprint density at radius 2 is 2.05 bits per heavy atom. The summed E-state index contributed by atoms with van der Waals surface area (Å²) in [6.07, 6.45) is 1.43. The Morgan fingerprint density at radius 3 is 2.58 bits per heavy atom. The summed E-state index contributed by atoms with van der Waals surface area (Å²) in [4.78, 5) is 11.3. The number of hydrogen-bond acceptors (Lipinski definition) is 4. The maximum atomic E-state index is 12.1. The van der Waals surface area contributed by atoms with Crippen LogP contribution in [0.4, 0.5) is 5.69 Å². The van der Waals surface area contributed by atoms with Crippen molar-refractivity contribution in [2.75, 3.05) is 18.2 Å². The van der Waals surface area contributed by atoms with Crippen molar-refractivity contribution < 1.29 is 17.9 Å². The quantitative estimate of drug-likeness (QED) is 0.870. The minimum atomic E-state index is -3.31. The van der Waals surface area contributed by atoms with Gasteiger partial charge in [-0.15, -0.1) is 0 Å². The second kappa shape index (κ2) is 6.56. The Morgan fingerprint density at radius 1 is 1.37 bits per heavy atom. The zero-order valence-corrected chi connectivity index (χ0v) is 12.2. The number of benzene rings is 1. The van der Waals surface area contributed by atoms with Crippen LogP contribution in [0, 0.1) is 0 Å². The van der Waals surface area contributed by atoms with Crippen molar-refractivity contribution in [3.8, 4) is 5.75 Å². The minimum absolute atomic E-state index is 0.106. The van der Waals surface area contributed by atoms with Crippen LogP contribution in [0.3, 0.4) is 0 Å². The molecule has 0 fully saturated rings. The molecule has 0 saturated carbocycles. The zero-order valence-electron chi connectivity index (χ0n) is 11.4. The van der Waals surface area contributed by atoms with Gasteiger partial charge in [-0.2, -0.15) is 0 Å². The van der Waals surface area contributed by atoms with E-state index in [-0.39, 0.29) is 16.6 Å². The standard InChI is InChI=1S/C13H19NO4S/c1-4-5-8-19(16,17)11-6-7-13(18-3)12(9-11)14-10(2)15/h6-7,9H,4-5,8H2,1-3H3,(H,14,15). The van der Waals surface area contributed by atoms with Gasteiger partial charge in [-0.3, -0.25) is 4.79 Å².